The summed E-state index contributed by atoms with van der Waals surface area (Å²) in [6.45, 7) is 3.94. The van der Waals surface area contributed by atoms with Crippen molar-refractivity contribution in [2.45, 2.75) is 25.0 Å². The lowest BCUT2D eigenvalue weighted by Crippen LogP contribution is -2.43. The molecule has 0 bridgehead atoms. The minimum Gasteiger partial charge on any atom is -0.486 e. The molecule has 1 aliphatic rings. The van der Waals surface area contributed by atoms with Crippen molar-refractivity contribution < 1.29 is 19.0 Å². The number of ether oxygens (including phenoxy) is 3. The van der Waals surface area contributed by atoms with E-state index < -0.39 is 5.97 Å². The fourth-order valence-corrected chi connectivity index (χ4v) is 1.99. The van der Waals surface area contributed by atoms with Gasteiger partial charge in [0.25, 0.3) is 0 Å². The average Bonchev–Trinajstić information content (AvgIpc) is 2.43. The molecule has 0 aromatic heterocycles. The second-order valence-electron chi connectivity index (χ2n) is 4.72. The highest BCUT2D eigenvalue weighted by atomic mass is 16.5. The van der Waals surface area contributed by atoms with E-state index in [1.165, 1.54) is 7.11 Å². The number of carbonyl (C=O) groups excluding carboxylic acids is 1. The van der Waals surface area contributed by atoms with Crippen LogP contribution in [0.25, 0.3) is 0 Å². The number of esters is 1. The Morgan fingerprint density at radius 2 is 2.20 bits per heavy atom. The minimum absolute atomic E-state index is 0.111. The zero-order valence-electron chi connectivity index (χ0n) is 11.5. The number of hydrogen-bond donors (Lipinski definition) is 1. The van der Waals surface area contributed by atoms with E-state index in [0.29, 0.717) is 23.7 Å². The van der Waals surface area contributed by atoms with Crippen LogP contribution in [0.2, 0.25) is 0 Å². The van der Waals surface area contributed by atoms with Crippen molar-refractivity contribution in [3.63, 3.8) is 0 Å². The fraction of sp³-hybridized carbons (Fsp3) is 0.400. The molecule has 0 radical (unpaired) electrons. The lowest BCUT2D eigenvalue weighted by atomic mass is 9.90. The van der Waals surface area contributed by atoms with Crippen LogP contribution in [-0.4, -0.2) is 31.8 Å². The van der Waals surface area contributed by atoms with Crippen molar-refractivity contribution >= 4 is 5.97 Å². The van der Waals surface area contributed by atoms with E-state index in [2.05, 4.69) is 6.58 Å². The third-order valence-corrected chi connectivity index (χ3v) is 3.15. The Bertz CT molecular complexity index is 495. The molecular formula is C15H19NO4. The van der Waals surface area contributed by atoms with Crippen molar-refractivity contribution in [2.75, 3.05) is 13.7 Å². The van der Waals surface area contributed by atoms with Crippen molar-refractivity contribution in [3.05, 3.63) is 36.4 Å². The molecule has 0 spiro atoms. The van der Waals surface area contributed by atoms with E-state index in [1.54, 1.807) is 24.3 Å². The fourth-order valence-electron chi connectivity index (χ4n) is 1.99. The second kappa shape index (κ2) is 6.43. The number of rotatable bonds is 6. The lowest BCUT2D eigenvalue weighted by molar-refractivity contribution is 0.0600. The summed E-state index contributed by atoms with van der Waals surface area (Å²) >= 11 is 0. The normalized spacial score (nSPS) is 20.7. The van der Waals surface area contributed by atoms with Gasteiger partial charge in [0, 0.05) is 6.04 Å². The Morgan fingerprint density at radius 3 is 2.80 bits per heavy atom. The first kappa shape index (κ1) is 14.4. The summed E-state index contributed by atoms with van der Waals surface area (Å²) in [6.07, 6.45) is 3.41. The van der Waals surface area contributed by atoms with Gasteiger partial charge in [-0.25, -0.2) is 4.79 Å². The molecule has 20 heavy (non-hydrogen) atoms. The highest BCUT2D eigenvalue weighted by Gasteiger charge is 2.28. The molecule has 2 N–H and O–H groups in total. The Balaban J connectivity index is 2.15. The van der Waals surface area contributed by atoms with Crippen LogP contribution in [0.4, 0.5) is 0 Å². The van der Waals surface area contributed by atoms with E-state index >= 15 is 0 Å². The Hall–Kier alpha value is -2.01. The first-order valence-electron chi connectivity index (χ1n) is 6.52. The molecule has 1 aromatic rings. The summed E-state index contributed by atoms with van der Waals surface area (Å²) in [5.41, 5.74) is 6.16. The number of nitrogens with two attached hydrogens (primary N) is 1. The quantitative estimate of drug-likeness (QED) is 0.635. The Labute approximate surface area is 118 Å². The predicted molar refractivity (Wildman–Crippen MR) is 75.1 cm³/mol. The van der Waals surface area contributed by atoms with Crippen LogP contribution in [0.3, 0.4) is 0 Å². The summed E-state index contributed by atoms with van der Waals surface area (Å²) in [4.78, 5) is 11.5. The molecule has 0 aliphatic heterocycles. The molecule has 0 heterocycles. The molecule has 108 valence electrons. The predicted octanol–water partition coefficient (Wildman–Crippen LogP) is 1.91. The van der Waals surface area contributed by atoms with Gasteiger partial charge in [0.15, 0.2) is 11.5 Å². The number of carbonyl (C=O) groups is 1. The molecule has 0 saturated heterocycles. The number of benzene rings is 1. The average molecular weight is 277 g/mol. The van der Waals surface area contributed by atoms with E-state index in [1.807, 2.05) is 0 Å². The van der Waals surface area contributed by atoms with Crippen LogP contribution in [-0.2, 0) is 4.74 Å². The molecule has 1 fully saturated rings. The third-order valence-electron chi connectivity index (χ3n) is 3.15. The van der Waals surface area contributed by atoms with Crippen molar-refractivity contribution in [1.29, 1.82) is 0 Å². The highest BCUT2D eigenvalue weighted by Crippen LogP contribution is 2.33. The summed E-state index contributed by atoms with van der Waals surface area (Å²) < 4.78 is 16.1. The van der Waals surface area contributed by atoms with E-state index in [-0.39, 0.29) is 12.1 Å². The van der Waals surface area contributed by atoms with Crippen molar-refractivity contribution in [2.24, 2.45) is 5.73 Å². The van der Waals surface area contributed by atoms with Crippen LogP contribution in [0, 0.1) is 0 Å². The largest absolute Gasteiger partial charge is 0.486 e. The topological polar surface area (TPSA) is 70.8 Å². The van der Waals surface area contributed by atoms with Gasteiger partial charge in [0.05, 0.1) is 12.7 Å². The van der Waals surface area contributed by atoms with Gasteiger partial charge in [-0.05, 0) is 31.0 Å². The lowest BCUT2D eigenvalue weighted by Gasteiger charge is -2.33. The monoisotopic (exact) mass is 277 g/mol. The zero-order chi connectivity index (χ0) is 14.5. The SMILES string of the molecule is C=CCOc1cc(C(=O)OC)ccc1OC1CC(N)C1. The Kier molecular flexibility index (Phi) is 4.63. The molecule has 0 atom stereocenters. The smallest absolute Gasteiger partial charge is 0.337 e. The van der Waals surface area contributed by atoms with Gasteiger partial charge in [-0.15, -0.1) is 0 Å². The van der Waals surface area contributed by atoms with Crippen molar-refractivity contribution in [1.82, 2.24) is 0 Å². The first-order valence-corrected chi connectivity index (χ1v) is 6.52. The summed E-state index contributed by atoms with van der Waals surface area (Å²) in [6, 6.07) is 5.20. The molecule has 5 nitrogen and oxygen atoms in total. The van der Waals surface area contributed by atoms with Gasteiger partial charge in [-0.3, -0.25) is 0 Å². The number of methoxy groups -OCH3 is 1. The van der Waals surface area contributed by atoms with E-state index in [4.69, 9.17) is 19.9 Å². The van der Waals surface area contributed by atoms with Gasteiger partial charge in [0.2, 0.25) is 0 Å². The summed E-state index contributed by atoms with van der Waals surface area (Å²) in [5, 5.41) is 0. The first-order chi connectivity index (χ1) is 9.63. The molecule has 1 aliphatic carbocycles. The molecule has 0 amide bonds. The standard InChI is InChI=1S/C15H19NO4/c1-3-6-19-14-7-10(15(17)18-2)4-5-13(14)20-12-8-11(16)9-12/h3-5,7,11-12H,1,6,8-9,16H2,2H3. The maximum Gasteiger partial charge on any atom is 0.337 e. The van der Waals surface area contributed by atoms with E-state index in [0.717, 1.165) is 12.8 Å². The van der Waals surface area contributed by atoms with Crippen LogP contribution < -0.4 is 15.2 Å². The Morgan fingerprint density at radius 1 is 1.45 bits per heavy atom. The second-order valence-corrected chi connectivity index (χ2v) is 4.72. The number of hydrogen-bond acceptors (Lipinski definition) is 5. The maximum atomic E-state index is 11.5. The third kappa shape index (κ3) is 3.30. The molecular weight excluding hydrogens is 258 g/mol. The molecule has 1 aromatic carbocycles. The van der Waals surface area contributed by atoms with Gasteiger partial charge >= 0.3 is 5.97 Å². The summed E-state index contributed by atoms with van der Waals surface area (Å²) in [7, 11) is 1.34. The van der Waals surface area contributed by atoms with Crippen molar-refractivity contribution in [3.8, 4) is 11.5 Å². The molecule has 5 heteroatoms. The summed E-state index contributed by atoms with van der Waals surface area (Å²) in [5.74, 6) is 0.704. The van der Waals surface area contributed by atoms with Crippen LogP contribution in [0.1, 0.15) is 23.2 Å². The molecule has 0 unspecified atom stereocenters. The maximum absolute atomic E-state index is 11.5. The van der Waals surface area contributed by atoms with Gasteiger partial charge in [-0.1, -0.05) is 12.7 Å². The molecule has 2 rings (SSSR count). The molecule has 1 saturated carbocycles. The van der Waals surface area contributed by atoms with E-state index in [9.17, 15) is 4.79 Å². The van der Waals surface area contributed by atoms with Gasteiger partial charge in [0.1, 0.15) is 12.7 Å². The highest BCUT2D eigenvalue weighted by molar-refractivity contribution is 5.90. The van der Waals surface area contributed by atoms with Gasteiger partial charge < -0.3 is 19.9 Å². The minimum atomic E-state index is -0.411. The van der Waals surface area contributed by atoms with Crippen LogP contribution in [0.5, 0.6) is 11.5 Å². The van der Waals surface area contributed by atoms with Gasteiger partial charge in [-0.2, -0.15) is 0 Å². The van der Waals surface area contributed by atoms with Crippen LogP contribution >= 0.6 is 0 Å². The van der Waals surface area contributed by atoms with Crippen LogP contribution in [0.15, 0.2) is 30.9 Å². The zero-order valence-corrected chi connectivity index (χ0v) is 11.5.